The van der Waals surface area contributed by atoms with E-state index in [1.807, 2.05) is 0 Å². The van der Waals surface area contributed by atoms with Crippen molar-refractivity contribution in [1.82, 2.24) is 0 Å². The van der Waals surface area contributed by atoms with Gasteiger partial charge in [0.05, 0.1) is 0 Å². The third kappa shape index (κ3) is 2.71. The molecular weight excluding hydrogens is 255 g/mol. The molecule has 2 aromatic carbocycles. The van der Waals surface area contributed by atoms with Gasteiger partial charge in [-0.15, -0.1) is 0 Å². The lowest BCUT2D eigenvalue weighted by Crippen LogP contribution is -2.28. The van der Waals surface area contributed by atoms with Gasteiger partial charge in [-0.3, -0.25) is 0 Å². The van der Waals surface area contributed by atoms with Crippen molar-refractivity contribution in [3.8, 4) is 16.9 Å². The molecule has 3 N–H and O–H groups in total. The number of nitrogens with two attached hydrogens (primary N) is 1. The van der Waals surface area contributed by atoms with Crippen LogP contribution in [0.3, 0.4) is 0 Å². The highest BCUT2D eigenvalue weighted by Gasteiger charge is 2.39. The van der Waals surface area contributed by atoms with Crippen LogP contribution in [0.25, 0.3) is 11.1 Å². The smallest absolute Gasteiger partial charge is 0.407 e. The maximum atomic E-state index is 12.6. The molecule has 0 saturated heterocycles. The third-order valence-electron chi connectivity index (χ3n) is 2.84. The summed E-state index contributed by atoms with van der Waals surface area (Å²) in [6, 6.07) is 10.7. The number of aromatic hydroxyl groups is 1. The summed E-state index contributed by atoms with van der Waals surface area (Å²) in [4.78, 5) is 0. The SMILES string of the molecule is N[C@H](c1cccc(-c2ccccc2)c1O)C(F)(F)F. The topological polar surface area (TPSA) is 46.2 Å². The van der Waals surface area contributed by atoms with E-state index in [-0.39, 0.29) is 5.56 Å². The normalized spacial score (nSPS) is 13.3. The Labute approximate surface area is 108 Å². The molecule has 0 aromatic heterocycles. The van der Waals surface area contributed by atoms with Crippen LogP contribution in [0.1, 0.15) is 11.6 Å². The molecule has 2 aromatic rings. The molecule has 0 spiro atoms. The first-order valence-corrected chi connectivity index (χ1v) is 5.61. The van der Waals surface area contributed by atoms with Crippen molar-refractivity contribution in [3.05, 3.63) is 54.1 Å². The van der Waals surface area contributed by atoms with Crippen LogP contribution in [0, 0.1) is 0 Å². The summed E-state index contributed by atoms with van der Waals surface area (Å²) in [5.74, 6) is -0.432. The van der Waals surface area contributed by atoms with Gasteiger partial charge in [0.15, 0.2) is 0 Å². The van der Waals surface area contributed by atoms with Gasteiger partial charge in [-0.25, -0.2) is 0 Å². The van der Waals surface area contributed by atoms with Crippen molar-refractivity contribution in [2.24, 2.45) is 5.73 Å². The molecule has 0 aliphatic heterocycles. The summed E-state index contributed by atoms with van der Waals surface area (Å²) in [5.41, 5.74) is 5.78. The summed E-state index contributed by atoms with van der Waals surface area (Å²) < 4.78 is 37.8. The fourth-order valence-electron chi connectivity index (χ4n) is 1.84. The fourth-order valence-corrected chi connectivity index (χ4v) is 1.84. The van der Waals surface area contributed by atoms with Crippen molar-refractivity contribution in [1.29, 1.82) is 0 Å². The van der Waals surface area contributed by atoms with Gasteiger partial charge in [-0.2, -0.15) is 13.2 Å². The molecule has 0 aliphatic carbocycles. The molecule has 0 heterocycles. The van der Waals surface area contributed by atoms with Crippen molar-refractivity contribution in [2.75, 3.05) is 0 Å². The zero-order valence-electron chi connectivity index (χ0n) is 9.85. The van der Waals surface area contributed by atoms with E-state index in [4.69, 9.17) is 5.73 Å². The van der Waals surface area contributed by atoms with Crippen LogP contribution < -0.4 is 5.73 Å². The fraction of sp³-hybridized carbons (Fsp3) is 0.143. The van der Waals surface area contributed by atoms with Gasteiger partial charge in [-0.1, -0.05) is 48.5 Å². The number of phenols is 1. The molecule has 0 radical (unpaired) electrons. The molecule has 19 heavy (non-hydrogen) atoms. The second-order valence-electron chi connectivity index (χ2n) is 4.13. The van der Waals surface area contributed by atoms with Gasteiger partial charge in [0.2, 0.25) is 0 Å². The zero-order valence-corrected chi connectivity index (χ0v) is 9.85. The quantitative estimate of drug-likeness (QED) is 0.872. The summed E-state index contributed by atoms with van der Waals surface area (Å²) in [6.07, 6.45) is -4.59. The Hall–Kier alpha value is -2.01. The van der Waals surface area contributed by atoms with E-state index < -0.39 is 18.0 Å². The first-order valence-electron chi connectivity index (χ1n) is 5.61. The number of para-hydroxylation sites is 1. The minimum atomic E-state index is -4.59. The van der Waals surface area contributed by atoms with Crippen LogP contribution >= 0.6 is 0 Å². The van der Waals surface area contributed by atoms with Crippen molar-refractivity contribution in [2.45, 2.75) is 12.2 Å². The van der Waals surface area contributed by atoms with Crippen molar-refractivity contribution in [3.63, 3.8) is 0 Å². The number of alkyl halides is 3. The van der Waals surface area contributed by atoms with E-state index in [1.54, 1.807) is 36.4 Å². The molecule has 2 nitrogen and oxygen atoms in total. The highest BCUT2D eigenvalue weighted by atomic mass is 19.4. The average Bonchev–Trinajstić information content (AvgIpc) is 2.38. The van der Waals surface area contributed by atoms with Gasteiger partial charge in [0.25, 0.3) is 0 Å². The third-order valence-corrected chi connectivity index (χ3v) is 2.84. The molecule has 0 fully saturated rings. The van der Waals surface area contributed by atoms with Crippen molar-refractivity contribution >= 4 is 0 Å². The minimum absolute atomic E-state index is 0.325. The number of halogens is 3. The van der Waals surface area contributed by atoms with Gasteiger partial charge < -0.3 is 10.8 Å². The largest absolute Gasteiger partial charge is 0.507 e. The lowest BCUT2D eigenvalue weighted by molar-refractivity contribution is -0.149. The Morgan fingerprint density at radius 3 is 2.16 bits per heavy atom. The maximum absolute atomic E-state index is 12.6. The van der Waals surface area contributed by atoms with Crippen LogP contribution in [0.15, 0.2) is 48.5 Å². The second kappa shape index (κ2) is 4.93. The predicted octanol–water partition coefficient (Wildman–Crippen LogP) is 3.62. The zero-order chi connectivity index (χ0) is 14.0. The standard InChI is InChI=1S/C14H12F3NO/c15-14(16,17)13(18)11-8-4-7-10(12(11)19)9-5-2-1-3-6-9/h1-8,13,19H,18H2/t13-/m1/s1. The number of phenolic OH excluding ortho intramolecular Hbond substituents is 1. The van der Waals surface area contributed by atoms with Crippen LogP contribution in [0.4, 0.5) is 13.2 Å². The second-order valence-corrected chi connectivity index (χ2v) is 4.13. The molecule has 1 atom stereocenters. The molecule has 0 aliphatic rings. The number of hydrogen-bond acceptors (Lipinski definition) is 2. The Morgan fingerprint density at radius 1 is 0.947 bits per heavy atom. The Morgan fingerprint density at radius 2 is 1.58 bits per heavy atom. The Kier molecular flexibility index (Phi) is 3.48. The van der Waals surface area contributed by atoms with Crippen LogP contribution in [0.5, 0.6) is 5.75 Å². The number of rotatable bonds is 2. The monoisotopic (exact) mass is 267 g/mol. The van der Waals surface area contributed by atoms with E-state index in [9.17, 15) is 18.3 Å². The van der Waals surface area contributed by atoms with Gasteiger partial charge >= 0.3 is 6.18 Å². The maximum Gasteiger partial charge on any atom is 0.407 e. The van der Waals surface area contributed by atoms with E-state index in [0.717, 1.165) is 0 Å². The van der Waals surface area contributed by atoms with Gasteiger partial charge in [0.1, 0.15) is 11.8 Å². The molecule has 100 valence electrons. The lowest BCUT2D eigenvalue weighted by Gasteiger charge is -2.18. The predicted molar refractivity (Wildman–Crippen MR) is 66.5 cm³/mol. The Balaban J connectivity index is 2.51. The van der Waals surface area contributed by atoms with E-state index in [2.05, 4.69) is 0 Å². The first kappa shape index (κ1) is 13.4. The molecule has 2 rings (SSSR count). The van der Waals surface area contributed by atoms with Gasteiger partial charge in [0, 0.05) is 11.1 Å². The lowest BCUT2D eigenvalue weighted by atomic mass is 9.98. The molecule has 0 amide bonds. The van der Waals surface area contributed by atoms with Gasteiger partial charge in [-0.05, 0) is 5.56 Å². The number of hydrogen-bond donors (Lipinski definition) is 2. The van der Waals surface area contributed by atoms with E-state index in [1.165, 1.54) is 12.1 Å². The highest BCUT2D eigenvalue weighted by molar-refractivity contribution is 5.72. The molecule has 5 heteroatoms. The molecular formula is C14H12F3NO. The van der Waals surface area contributed by atoms with Crippen molar-refractivity contribution < 1.29 is 18.3 Å². The van der Waals surface area contributed by atoms with Crippen LogP contribution in [-0.2, 0) is 0 Å². The van der Waals surface area contributed by atoms with Crippen LogP contribution in [-0.4, -0.2) is 11.3 Å². The van der Waals surface area contributed by atoms with E-state index >= 15 is 0 Å². The van der Waals surface area contributed by atoms with E-state index in [0.29, 0.717) is 11.1 Å². The minimum Gasteiger partial charge on any atom is -0.507 e. The summed E-state index contributed by atoms with van der Waals surface area (Å²) >= 11 is 0. The molecule has 0 saturated carbocycles. The summed E-state index contributed by atoms with van der Waals surface area (Å²) in [7, 11) is 0. The Bertz CT molecular complexity index is 567. The average molecular weight is 267 g/mol. The summed E-state index contributed by atoms with van der Waals surface area (Å²) in [5, 5.41) is 10.00. The highest BCUT2D eigenvalue weighted by Crippen LogP contribution is 2.39. The van der Waals surface area contributed by atoms with Crippen LogP contribution in [0.2, 0.25) is 0 Å². The first-order chi connectivity index (χ1) is 8.91. The number of benzene rings is 2. The molecule has 0 bridgehead atoms. The summed E-state index contributed by atoms with van der Waals surface area (Å²) in [6.45, 7) is 0. The molecule has 0 unspecified atom stereocenters.